The van der Waals surface area contributed by atoms with Crippen molar-refractivity contribution in [1.29, 1.82) is 0 Å². The molecular weight excluding hydrogens is 244 g/mol. The molecule has 0 saturated carbocycles. The molecule has 0 atom stereocenters. The molecule has 2 rings (SSSR count). The van der Waals surface area contributed by atoms with Gasteiger partial charge in [0, 0.05) is 13.1 Å². The molecule has 3 N–H and O–H groups in total. The molecule has 0 aliphatic heterocycles. The van der Waals surface area contributed by atoms with Gasteiger partial charge in [0.05, 0.1) is 11.3 Å². The molecule has 1 aromatic heterocycles. The molecule has 6 nitrogen and oxygen atoms in total. The van der Waals surface area contributed by atoms with Gasteiger partial charge in [-0.2, -0.15) is 5.10 Å². The fourth-order valence-corrected chi connectivity index (χ4v) is 1.77. The molecule has 0 unspecified atom stereocenters. The molecule has 0 aliphatic rings. The van der Waals surface area contributed by atoms with Gasteiger partial charge in [0.15, 0.2) is 5.84 Å². The highest BCUT2D eigenvalue weighted by Gasteiger charge is 2.12. The Bertz CT molecular complexity index is 632. The van der Waals surface area contributed by atoms with Crippen LogP contribution in [0.3, 0.4) is 0 Å². The fraction of sp³-hybridized carbons (Fsp3) is 0.231. The lowest BCUT2D eigenvalue weighted by Gasteiger charge is -2.10. The largest absolute Gasteiger partial charge is 0.439 e. The summed E-state index contributed by atoms with van der Waals surface area (Å²) in [5, 5.41) is 16.0. The maximum atomic E-state index is 8.80. The number of benzene rings is 1. The van der Waals surface area contributed by atoms with Crippen molar-refractivity contribution in [1.82, 2.24) is 9.78 Å². The summed E-state index contributed by atoms with van der Waals surface area (Å²) in [5.74, 6) is 1.13. The van der Waals surface area contributed by atoms with Crippen molar-refractivity contribution < 1.29 is 9.94 Å². The molecule has 1 aromatic carbocycles. The van der Waals surface area contributed by atoms with Gasteiger partial charge in [-0.3, -0.25) is 0 Å². The van der Waals surface area contributed by atoms with E-state index in [0.717, 1.165) is 11.3 Å². The Morgan fingerprint density at radius 3 is 2.68 bits per heavy atom. The molecule has 0 fully saturated rings. The van der Waals surface area contributed by atoms with Gasteiger partial charge in [0.1, 0.15) is 5.75 Å². The molecule has 0 aliphatic carbocycles. The first-order valence-corrected chi connectivity index (χ1v) is 5.78. The number of nitrogens with two attached hydrogens (primary N) is 1. The summed E-state index contributed by atoms with van der Waals surface area (Å²) in [7, 11) is 1.79. The van der Waals surface area contributed by atoms with Crippen molar-refractivity contribution in [2.45, 2.75) is 13.8 Å². The zero-order valence-corrected chi connectivity index (χ0v) is 11.1. The van der Waals surface area contributed by atoms with E-state index in [0.29, 0.717) is 17.2 Å². The maximum Gasteiger partial charge on any atom is 0.217 e. The van der Waals surface area contributed by atoms with Crippen molar-refractivity contribution >= 4 is 5.84 Å². The third kappa shape index (κ3) is 2.67. The number of nitrogens with zero attached hydrogens (tertiary/aromatic N) is 3. The van der Waals surface area contributed by atoms with Gasteiger partial charge in [-0.1, -0.05) is 11.2 Å². The van der Waals surface area contributed by atoms with Gasteiger partial charge in [-0.15, -0.1) is 0 Å². The predicted octanol–water partition coefficient (Wildman–Crippen LogP) is 1.92. The monoisotopic (exact) mass is 260 g/mol. The minimum absolute atomic E-state index is 0.00823. The van der Waals surface area contributed by atoms with Crippen LogP contribution in [0.5, 0.6) is 11.6 Å². The summed E-state index contributed by atoms with van der Waals surface area (Å²) in [5.41, 5.74) is 8.05. The van der Waals surface area contributed by atoms with Gasteiger partial charge in [0.2, 0.25) is 5.88 Å². The first-order chi connectivity index (χ1) is 9.01. The molecule has 2 aromatic rings. The number of aryl methyl sites for hydroxylation is 3. The van der Waals surface area contributed by atoms with Crippen molar-refractivity contribution in [3.8, 4) is 11.6 Å². The number of ether oxygens (including phenoxy) is 1. The molecule has 6 heteroatoms. The highest BCUT2D eigenvalue weighted by molar-refractivity contribution is 5.99. The second kappa shape index (κ2) is 5.01. The van der Waals surface area contributed by atoms with Crippen molar-refractivity contribution in [3.05, 3.63) is 41.1 Å². The van der Waals surface area contributed by atoms with E-state index in [4.69, 9.17) is 15.7 Å². The highest BCUT2D eigenvalue weighted by Crippen LogP contribution is 2.26. The molecule has 0 amide bonds. The average Bonchev–Trinajstić information content (AvgIpc) is 2.67. The van der Waals surface area contributed by atoms with E-state index < -0.39 is 0 Å². The Morgan fingerprint density at radius 1 is 1.37 bits per heavy atom. The maximum absolute atomic E-state index is 8.80. The van der Waals surface area contributed by atoms with Crippen LogP contribution in [-0.4, -0.2) is 20.8 Å². The van der Waals surface area contributed by atoms with Gasteiger partial charge in [-0.25, -0.2) is 4.68 Å². The van der Waals surface area contributed by atoms with E-state index in [-0.39, 0.29) is 5.84 Å². The minimum Gasteiger partial charge on any atom is -0.439 e. The first-order valence-electron chi connectivity index (χ1n) is 5.78. The third-order valence-electron chi connectivity index (χ3n) is 2.69. The van der Waals surface area contributed by atoms with Crippen LogP contribution in [0.4, 0.5) is 0 Å². The highest BCUT2D eigenvalue weighted by atomic mass is 16.5. The van der Waals surface area contributed by atoms with Gasteiger partial charge in [-0.05, 0) is 31.5 Å². The van der Waals surface area contributed by atoms with Gasteiger partial charge in [0.25, 0.3) is 0 Å². The summed E-state index contributed by atoms with van der Waals surface area (Å²) in [6, 6.07) is 7.27. The molecular formula is C13H16N4O2. The lowest BCUT2D eigenvalue weighted by molar-refractivity contribution is 0.318. The molecule has 0 bridgehead atoms. The summed E-state index contributed by atoms with van der Waals surface area (Å²) < 4.78 is 7.43. The SMILES string of the molecule is Cc1ccc(/C(N)=N/O)c(Oc2cc(C)nn2C)c1. The van der Waals surface area contributed by atoms with E-state index in [9.17, 15) is 0 Å². The van der Waals surface area contributed by atoms with Crippen LogP contribution >= 0.6 is 0 Å². The van der Waals surface area contributed by atoms with E-state index >= 15 is 0 Å². The number of amidine groups is 1. The smallest absolute Gasteiger partial charge is 0.217 e. The molecule has 0 radical (unpaired) electrons. The normalized spacial score (nSPS) is 11.6. The molecule has 19 heavy (non-hydrogen) atoms. The number of rotatable bonds is 3. The zero-order chi connectivity index (χ0) is 14.0. The lowest BCUT2D eigenvalue weighted by atomic mass is 10.1. The van der Waals surface area contributed by atoms with Crippen LogP contribution in [0, 0.1) is 13.8 Å². The number of aromatic nitrogens is 2. The summed E-state index contributed by atoms with van der Waals surface area (Å²) >= 11 is 0. The second-order valence-electron chi connectivity index (χ2n) is 4.33. The summed E-state index contributed by atoms with van der Waals surface area (Å²) in [6.45, 7) is 3.82. The van der Waals surface area contributed by atoms with Crippen LogP contribution in [-0.2, 0) is 7.05 Å². The number of hydrogen-bond acceptors (Lipinski definition) is 4. The predicted molar refractivity (Wildman–Crippen MR) is 71.7 cm³/mol. The first kappa shape index (κ1) is 12.9. The fourth-order valence-electron chi connectivity index (χ4n) is 1.77. The van der Waals surface area contributed by atoms with Crippen molar-refractivity contribution in [2.75, 3.05) is 0 Å². The Balaban J connectivity index is 2.44. The van der Waals surface area contributed by atoms with E-state index in [1.165, 1.54) is 0 Å². The van der Waals surface area contributed by atoms with Crippen LogP contribution < -0.4 is 10.5 Å². The van der Waals surface area contributed by atoms with Crippen LogP contribution in [0.15, 0.2) is 29.4 Å². The van der Waals surface area contributed by atoms with E-state index in [1.807, 2.05) is 32.0 Å². The standard InChI is InChI=1S/C13H16N4O2/c1-8-4-5-10(13(14)16-18)11(6-8)19-12-7-9(2)15-17(12)3/h4-7,18H,1-3H3,(H2,14,16). The Hall–Kier alpha value is -2.50. The Labute approximate surface area is 111 Å². The quantitative estimate of drug-likeness (QED) is 0.382. The van der Waals surface area contributed by atoms with E-state index in [2.05, 4.69) is 10.3 Å². The van der Waals surface area contributed by atoms with Crippen LogP contribution in [0.1, 0.15) is 16.8 Å². The molecule has 1 heterocycles. The second-order valence-corrected chi connectivity index (χ2v) is 4.33. The van der Waals surface area contributed by atoms with Crippen LogP contribution in [0.25, 0.3) is 0 Å². The summed E-state index contributed by atoms with van der Waals surface area (Å²) in [6.07, 6.45) is 0. The lowest BCUT2D eigenvalue weighted by Crippen LogP contribution is -2.14. The molecule has 0 saturated heterocycles. The van der Waals surface area contributed by atoms with Crippen molar-refractivity contribution in [3.63, 3.8) is 0 Å². The average molecular weight is 260 g/mol. The topological polar surface area (TPSA) is 85.7 Å². The number of hydrogen-bond donors (Lipinski definition) is 2. The number of oxime groups is 1. The summed E-state index contributed by atoms with van der Waals surface area (Å²) in [4.78, 5) is 0. The van der Waals surface area contributed by atoms with E-state index in [1.54, 1.807) is 17.8 Å². The Morgan fingerprint density at radius 2 is 2.11 bits per heavy atom. The van der Waals surface area contributed by atoms with Crippen LogP contribution in [0.2, 0.25) is 0 Å². The minimum atomic E-state index is 0.00823. The Kier molecular flexibility index (Phi) is 3.41. The van der Waals surface area contributed by atoms with Crippen molar-refractivity contribution in [2.24, 2.45) is 17.9 Å². The van der Waals surface area contributed by atoms with Gasteiger partial charge < -0.3 is 15.7 Å². The molecule has 100 valence electrons. The molecule has 0 spiro atoms. The third-order valence-corrected chi connectivity index (χ3v) is 2.69. The van der Waals surface area contributed by atoms with Gasteiger partial charge >= 0.3 is 0 Å². The zero-order valence-electron chi connectivity index (χ0n) is 11.1.